The summed E-state index contributed by atoms with van der Waals surface area (Å²) in [4.78, 5) is 14.5. The number of rotatable bonds is 3. The molecular weight excluding hydrogens is 426 g/mol. The van der Waals surface area contributed by atoms with E-state index in [1.807, 2.05) is 12.1 Å². The topological polar surface area (TPSA) is 109 Å². The van der Waals surface area contributed by atoms with Crippen molar-refractivity contribution in [3.05, 3.63) is 69.3 Å². The second kappa shape index (κ2) is 7.04. The molecule has 3 N–H and O–H groups in total. The van der Waals surface area contributed by atoms with E-state index in [4.69, 9.17) is 11.0 Å². The highest BCUT2D eigenvalue weighted by atomic mass is 79.9. The van der Waals surface area contributed by atoms with Gasteiger partial charge in [0.25, 0.3) is 0 Å². The lowest BCUT2D eigenvalue weighted by molar-refractivity contribution is 0.218. The van der Waals surface area contributed by atoms with Gasteiger partial charge in [0.15, 0.2) is 5.82 Å². The normalized spacial score (nSPS) is 12.0. The number of aliphatic hydroxyl groups is 1. The van der Waals surface area contributed by atoms with Gasteiger partial charge in [0.2, 0.25) is 0 Å². The molecule has 0 amide bonds. The highest BCUT2D eigenvalue weighted by Gasteiger charge is 2.20. The summed E-state index contributed by atoms with van der Waals surface area (Å²) in [5.41, 5.74) is 7.90. The minimum atomic E-state index is -0.899. The van der Waals surface area contributed by atoms with Crippen LogP contribution in [-0.2, 0) is 0 Å². The van der Waals surface area contributed by atoms with Crippen LogP contribution in [0.4, 0.5) is 5.82 Å². The van der Waals surface area contributed by atoms with Crippen LogP contribution in [-0.4, -0.2) is 20.1 Å². The summed E-state index contributed by atoms with van der Waals surface area (Å²) in [6.45, 7) is 0. The van der Waals surface area contributed by atoms with E-state index in [-0.39, 0.29) is 0 Å². The van der Waals surface area contributed by atoms with Gasteiger partial charge in [0, 0.05) is 21.1 Å². The Bertz CT molecular complexity index is 1200. The first-order chi connectivity index (χ1) is 13.1. The molecule has 4 aromatic rings. The number of halogens is 1. The van der Waals surface area contributed by atoms with Crippen molar-refractivity contribution in [3.63, 3.8) is 0 Å². The van der Waals surface area contributed by atoms with Gasteiger partial charge in [0.05, 0.1) is 22.7 Å². The van der Waals surface area contributed by atoms with Crippen LogP contribution in [0.2, 0.25) is 0 Å². The number of aliphatic hydroxyl groups excluding tert-OH is 1. The summed E-state index contributed by atoms with van der Waals surface area (Å²) >= 11 is 4.75. The van der Waals surface area contributed by atoms with Crippen molar-refractivity contribution in [2.24, 2.45) is 0 Å². The van der Waals surface area contributed by atoms with E-state index in [9.17, 15) is 5.11 Å². The average molecular weight is 438 g/mol. The molecule has 0 saturated carbocycles. The smallest absolute Gasteiger partial charge is 0.163 e. The number of hydrogen-bond donors (Lipinski definition) is 2. The molecule has 0 aliphatic heterocycles. The fraction of sp³-hybridized carbons (Fsp3) is 0.0526. The third-order valence-electron chi connectivity index (χ3n) is 4.01. The number of fused-ring (bicyclic) bond motifs is 1. The van der Waals surface area contributed by atoms with Crippen LogP contribution in [0.3, 0.4) is 0 Å². The second-order valence-corrected chi connectivity index (χ2v) is 7.68. The summed E-state index contributed by atoms with van der Waals surface area (Å²) in [5, 5.41) is 20.5. The molecule has 0 radical (unpaired) electrons. The van der Waals surface area contributed by atoms with Crippen LogP contribution < -0.4 is 5.73 Å². The van der Waals surface area contributed by atoms with E-state index < -0.39 is 6.10 Å². The van der Waals surface area contributed by atoms with Crippen molar-refractivity contribution in [2.45, 2.75) is 6.10 Å². The minimum absolute atomic E-state index is 0.326. The molecule has 3 aromatic heterocycles. The van der Waals surface area contributed by atoms with E-state index in [0.717, 1.165) is 4.47 Å². The molecule has 27 heavy (non-hydrogen) atoms. The van der Waals surface area contributed by atoms with Crippen LogP contribution in [0.25, 0.3) is 21.6 Å². The highest BCUT2D eigenvalue weighted by molar-refractivity contribution is 9.10. The Kier molecular flexibility index (Phi) is 4.58. The predicted molar refractivity (Wildman–Crippen MR) is 108 cm³/mol. The predicted octanol–water partition coefficient (Wildman–Crippen LogP) is 4.05. The SMILES string of the molecule is N#Cc1cccc(-c2nc(N)c3cc(C(O)c4ncccc4Br)sc3n2)c1. The van der Waals surface area contributed by atoms with Gasteiger partial charge < -0.3 is 10.8 Å². The first-order valence-electron chi connectivity index (χ1n) is 7.93. The molecule has 0 fully saturated rings. The largest absolute Gasteiger partial charge is 0.383 e. The number of thiophene rings is 1. The van der Waals surface area contributed by atoms with Crippen LogP contribution in [0.15, 0.2) is 53.1 Å². The molecule has 0 spiro atoms. The zero-order chi connectivity index (χ0) is 19.0. The highest BCUT2D eigenvalue weighted by Crippen LogP contribution is 2.36. The first-order valence-corrected chi connectivity index (χ1v) is 9.53. The fourth-order valence-electron chi connectivity index (χ4n) is 2.69. The third kappa shape index (κ3) is 3.28. The van der Waals surface area contributed by atoms with Gasteiger partial charge in [-0.2, -0.15) is 5.26 Å². The fourth-order valence-corrected chi connectivity index (χ4v) is 4.19. The Labute approximate surface area is 167 Å². The number of aromatic nitrogens is 3. The summed E-state index contributed by atoms with van der Waals surface area (Å²) in [5.74, 6) is 0.770. The Hall–Kier alpha value is -2.86. The second-order valence-electron chi connectivity index (χ2n) is 5.77. The summed E-state index contributed by atoms with van der Waals surface area (Å²) < 4.78 is 0.725. The Morgan fingerprint density at radius 2 is 2.04 bits per heavy atom. The number of hydrogen-bond acceptors (Lipinski definition) is 7. The van der Waals surface area contributed by atoms with Gasteiger partial charge in [-0.1, -0.05) is 12.1 Å². The van der Waals surface area contributed by atoms with Crippen LogP contribution in [0, 0.1) is 11.3 Å². The quantitative estimate of drug-likeness (QED) is 0.500. The maximum atomic E-state index is 10.7. The first kappa shape index (κ1) is 17.5. The van der Waals surface area contributed by atoms with Crippen molar-refractivity contribution in [3.8, 4) is 17.5 Å². The van der Waals surface area contributed by atoms with E-state index in [0.29, 0.717) is 43.6 Å². The molecule has 0 aliphatic rings. The van der Waals surface area contributed by atoms with E-state index >= 15 is 0 Å². The molecule has 0 bridgehead atoms. The number of nitriles is 1. The van der Waals surface area contributed by atoms with E-state index in [1.54, 1.807) is 36.5 Å². The maximum Gasteiger partial charge on any atom is 0.163 e. The lowest BCUT2D eigenvalue weighted by Crippen LogP contribution is -2.00. The van der Waals surface area contributed by atoms with E-state index in [2.05, 4.69) is 37.0 Å². The third-order valence-corrected chi connectivity index (χ3v) is 5.76. The van der Waals surface area contributed by atoms with Crippen molar-refractivity contribution in [1.82, 2.24) is 15.0 Å². The molecule has 8 heteroatoms. The van der Waals surface area contributed by atoms with Crippen LogP contribution in [0.5, 0.6) is 0 Å². The molecule has 0 saturated heterocycles. The van der Waals surface area contributed by atoms with Gasteiger partial charge in [-0.15, -0.1) is 11.3 Å². The van der Waals surface area contributed by atoms with Crippen molar-refractivity contribution in [1.29, 1.82) is 5.26 Å². The molecule has 3 heterocycles. The zero-order valence-corrected chi connectivity index (χ0v) is 16.2. The summed E-state index contributed by atoms with van der Waals surface area (Å²) in [7, 11) is 0. The van der Waals surface area contributed by atoms with E-state index in [1.165, 1.54) is 11.3 Å². The summed E-state index contributed by atoms with van der Waals surface area (Å²) in [6.07, 6.45) is 0.731. The molecule has 1 aromatic carbocycles. The molecule has 4 rings (SSSR count). The average Bonchev–Trinajstić information content (AvgIpc) is 3.13. The van der Waals surface area contributed by atoms with Gasteiger partial charge >= 0.3 is 0 Å². The number of anilines is 1. The molecule has 0 aliphatic carbocycles. The Morgan fingerprint density at radius 1 is 1.19 bits per heavy atom. The number of pyridine rings is 1. The van der Waals surface area contributed by atoms with Crippen molar-refractivity contribution >= 4 is 43.3 Å². The van der Waals surface area contributed by atoms with Gasteiger partial charge in [0.1, 0.15) is 16.8 Å². The summed E-state index contributed by atoms with van der Waals surface area (Å²) in [6, 6.07) is 14.5. The number of nitrogens with two attached hydrogens (primary N) is 1. The molecule has 1 atom stereocenters. The van der Waals surface area contributed by atoms with Crippen LogP contribution in [0.1, 0.15) is 22.2 Å². The number of nitrogens with zero attached hydrogens (tertiary/aromatic N) is 4. The molecule has 132 valence electrons. The standard InChI is InChI=1S/C19H12BrN5OS/c20-13-5-2-6-23-15(13)16(26)14-8-12-17(22)24-18(25-19(12)27-14)11-4-1-3-10(7-11)9-21/h1-8,16,26H,(H2,22,24,25). The van der Waals surface area contributed by atoms with Crippen molar-refractivity contribution < 1.29 is 5.11 Å². The molecule has 6 nitrogen and oxygen atoms in total. The van der Waals surface area contributed by atoms with Gasteiger partial charge in [-0.05, 0) is 46.3 Å². The number of benzene rings is 1. The zero-order valence-electron chi connectivity index (χ0n) is 13.8. The van der Waals surface area contributed by atoms with Gasteiger partial charge in [-0.3, -0.25) is 4.98 Å². The van der Waals surface area contributed by atoms with Crippen LogP contribution >= 0.6 is 27.3 Å². The lowest BCUT2D eigenvalue weighted by atomic mass is 10.1. The number of nitrogen functional groups attached to an aromatic ring is 1. The lowest BCUT2D eigenvalue weighted by Gasteiger charge is -2.08. The van der Waals surface area contributed by atoms with Gasteiger partial charge in [-0.25, -0.2) is 9.97 Å². The Balaban J connectivity index is 1.80. The Morgan fingerprint density at radius 3 is 2.81 bits per heavy atom. The monoisotopic (exact) mass is 437 g/mol. The maximum absolute atomic E-state index is 10.7. The molecular formula is C19H12BrN5OS. The minimum Gasteiger partial charge on any atom is -0.383 e. The van der Waals surface area contributed by atoms with Crippen molar-refractivity contribution in [2.75, 3.05) is 5.73 Å². The molecule has 1 unspecified atom stereocenters.